The van der Waals surface area contributed by atoms with Crippen molar-refractivity contribution in [1.82, 2.24) is 4.90 Å². The Morgan fingerprint density at radius 3 is 2.50 bits per heavy atom. The Kier molecular flexibility index (Phi) is 5.12. The van der Waals surface area contributed by atoms with Gasteiger partial charge >= 0.3 is 12.3 Å². The normalized spacial score (nSPS) is 19.1. The summed E-state index contributed by atoms with van der Waals surface area (Å²) in [7, 11) is 0. The maximum Gasteiger partial charge on any atom is 0.573 e. The Morgan fingerprint density at radius 2 is 1.91 bits per heavy atom. The van der Waals surface area contributed by atoms with E-state index in [-0.39, 0.29) is 12.4 Å². The highest BCUT2D eigenvalue weighted by molar-refractivity contribution is 5.73. The number of aliphatic carboxylic acids is 1. The molecule has 22 heavy (non-hydrogen) atoms. The number of carbonyl (C=O) groups is 1. The van der Waals surface area contributed by atoms with Gasteiger partial charge in [0.15, 0.2) is 0 Å². The molecule has 1 aromatic carbocycles. The number of ether oxygens (including phenoxy) is 2. The molecule has 1 N–H and O–H groups in total. The molecule has 122 valence electrons. The molecule has 1 aliphatic rings. The van der Waals surface area contributed by atoms with Crippen molar-refractivity contribution < 1.29 is 32.5 Å². The van der Waals surface area contributed by atoms with Gasteiger partial charge in [-0.25, -0.2) is 0 Å². The molecule has 0 saturated carbocycles. The molecular formula is C14H16F3NO4. The summed E-state index contributed by atoms with van der Waals surface area (Å²) < 4.78 is 45.2. The molecule has 0 aromatic heterocycles. The maximum absolute atomic E-state index is 12.0. The molecule has 0 bridgehead atoms. The molecule has 0 radical (unpaired) electrons. The lowest BCUT2D eigenvalue weighted by molar-refractivity contribution is -0.274. The fourth-order valence-corrected chi connectivity index (χ4v) is 2.39. The average molecular weight is 319 g/mol. The zero-order valence-corrected chi connectivity index (χ0v) is 11.7. The van der Waals surface area contributed by atoms with E-state index in [4.69, 9.17) is 9.84 Å². The lowest BCUT2D eigenvalue weighted by Crippen LogP contribution is -2.38. The summed E-state index contributed by atoms with van der Waals surface area (Å²) in [6.45, 7) is 1.43. The zero-order valence-electron chi connectivity index (χ0n) is 11.7. The van der Waals surface area contributed by atoms with E-state index < -0.39 is 18.4 Å². The second kappa shape index (κ2) is 6.87. The van der Waals surface area contributed by atoms with Crippen molar-refractivity contribution in [3.8, 4) is 11.5 Å². The van der Waals surface area contributed by atoms with Gasteiger partial charge in [0.25, 0.3) is 0 Å². The second-order valence-electron chi connectivity index (χ2n) is 4.90. The Morgan fingerprint density at radius 1 is 1.27 bits per heavy atom. The third kappa shape index (κ3) is 4.80. The summed E-state index contributed by atoms with van der Waals surface area (Å²) in [5, 5.41) is 9.04. The monoisotopic (exact) mass is 319 g/mol. The van der Waals surface area contributed by atoms with Crippen molar-refractivity contribution in [2.45, 2.75) is 25.2 Å². The third-order valence-electron chi connectivity index (χ3n) is 3.35. The number of carboxylic acids is 1. The lowest BCUT2D eigenvalue weighted by atomic mass is 10.2. The highest BCUT2D eigenvalue weighted by Gasteiger charge is 2.31. The molecule has 1 heterocycles. The largest absolute Gasteiger partial charge is 0.573 e. The van der Waals surface area contributed by atoms with Crippen molar-refractivity contribution in [2.75, 3.05) is 19.7 Å². The summed E-state index contributed by atoms with van der Waals surface area (Å²) in [6, 6.07) is 4.60. The summed E-state index contributed by atoms with van der Waals surface area (Å²) in [4.78, 5) is 12.8. The quantitative estimate of drug-likeness (QED) is 0.873. The van der Waals surface area contributed by atoms with Crippen LogP contribution in [0.25, 0.3) is 0 Å². The van der Waals surface area contributed by atoms with Crippen LogP contribution in [-0.2, 0) is 4.79 Å². The van der Waals surface area contributed by atoms with E-state index in [1.165, 1.54) is 24.3 Å². The Balaban J connectivity index is 1.79. The van der Waals surface area contributed by atoms with Crippen LogP contribution in [0.5, 0.6) is 11.5 Å². The minimum absolute atomic E-state index is 0.267. The van der Waals surface area contributed by atoms with Crippen molar-refractivity contribution in [2.24, 2.45) is 0 Å². The van der Waals surface area contributed by atoms with Gasteiger partial charge in [-0.2, -0.15) is 0 Å². The number of carboxylic acid groups (broad SMARTS) is 1. The predicted molar refractivity (Wildman–Crippen MR) is 70.9 cm³/mol. The molecule has 0 unspecified atom stereocenters. The van der Waals surface area contributed by atoms with Gasteiger partial charge in [0, 0.05) is 6.54 Å². The van der Waals surface area contributed by atoms with E-state index in [0.717, 1.165) is 6.42 Å². The van der Waals surface area contributed by atoms with Crippen LogP contribution in [-0.4, -0.2) is 48.1 Å². The van der Waals surface area contributed by atoms with Crippen LogP contribution >= 0.6 is 0 Å². The van der Waals surface area contributed by atoms with Crippen LogP contribution in [0.1, 0.15) is 12.8 Å². The van der Waals surface area contributed by atoms with Gasteiger partial charge in [-0.15, -0.1) is 13.2 Å². The van der Waals surface area contributed by atoms with Crippen molar-refractivity contribution >= 4 is 5.97 Å². The molecule has 1 fully saturated rings. The second-order valence-corrected chi connectivity index (χ2v) is 4.90. The van der Waals surface area contributed by atoms with Gasteiger partial charge in [0.05, 0.1) is 0 Å². The predicted octanol–water partition coefficient (Wildman–Crippen LogP) is 2.51. The lowest BCUT2D eigenvalue weighted by Gasteiger charge is -2.20. The molecule has 2 rings (SSSR count). The van der Waals surface area contributed by atoms with Crippen molar-refractivity contribution in [3.05, 3.63) is 24.3 Å². The third-order valence-corrected chi connectivity index (χ3v) is 3.35. The van der Waals surface area contributed by atoms with E-state index in [9.17, 15) is 18.0 Å². The number of nitrogens with zero attached hydrogens (tertiary/aromatic N) is 1. The molecule has 0 aliphatic carbocycles. The molecule has 1 atom stereocenters. The standard InChI is InChI=1S/C14H16F3NO4/c15-14(16,17)22-11-5-3-10(4-6-11)21-9-8-18-7-1-2-12(18)13(19)20/h3-6,12H,1-2,7-9H2,(H,19,20)/t12-/m0/s1. The molecule has 8 heteroatoms. The van der Waals surface area contributed by atoms with E-state index in [1.807, 2.05) is 4.90 Å². The van der Waals surface area contributed by atoms with Crippen LogP contribution < -0.4 is 9.47 Å². The Labute approximate surface area is 125 Å². The first kappa shape index (κ1) is 16.4. The summed E-state index contributed by atoms with van der Waals surface area (Å²) in [5.41, 5.74) is 0. The average Bonchev–Trinajstić information content (AvgIpc) is 2.88. The molecule has 0 amide bonds. The molecule has 1 aliphatic heterocycles. The number of alkyl halides is 3. The first-order chi connectivity index (χ1) is 10.3. The molecular weight excluding hydrogens is 303 g/mol. The van der Waals surface area contributed by atoms with Crippen LogP contribution in [0.15, 0.2) is 24.3 Å². The van der Waals surface area contributed by atoms with E-state index in [0.29, 0.717) is 25.3 Å². The highest BCUT2D eigenvalue weighted by Crippen LogP contribution is 2.24. The summed E-state index contributed by atoms with van der Waals surface area (Å²) >= 11 is 0. The van der Waals surface area contributed by atoms with Gasteiger partial charge in [-0.1, -0.05) is 0 Å². The van der Waals surface area contributed by atoms with Crippen LogP contribution in [0.3, 0.4) is 0 Å². The number of halogens is 3. The zero-order chi connectivity index (χ0) is 16.2. The fraction of sp³-hybridized carbons (Fsp3) is 0.500. The maximum atomic E-state index is 12.0. The minimum Gasteiger partial charge on any atom is -0.492 e. The first-order valence-electron chi connectivity index (χ1n) is 6.80. The number of hydrogen-bond acceptors (Lipinski definition) is 4. The number of benzene rings is 1. The van der Waals surface area contributed by atoms with Gasteiger partial charge in [0.1, 0.15) is 24.1 Å². The number of likely N-dealkylation sites (tertiary alicyclic amines) is 1. The smallest absolute Gasteiger partial charge is 0.492 e. The number of rotatable bonds is 6. The topological polar surface area (TPSA) is 59.0 Å². The summed E-state index contributed by atoms with van der Waals surface area (Å²) in [5.74, 6) is -0.753. The number of hydrogen-bond donors (Lipinski definition) is 1. The first-order valence-corrected chi connectivity index (χ1v) is 6.80. The molecule has 1 aromatic rings. The van der Waals surface area contributed by atoms with E-state index in [1.54, 1.807) is 0 Å². The minimum atomic E-state index is -4.72. The fourth-order valence-electron chi connectivity index (χ4n) is 2.39. The Bertz CT molecular complexity index is 504. The van der Waals surface area contributed by atoms with Gasteiger partial charge in [-0.3, -0.25) is 9.69 Å². The van der Waals surface area contributed by atoms with E-state index >= 15 is 0 Å². The van der Waals surface area contributed by atoms with Gasteiger partial charge < -0.3 is 14.6 Å². The molecule has 5 nitrogen and oxygen atoms in total. The van der Waals surface area contributed by atoms with Crippen LogP contribution in [0.4, 0.5) is 13.2 Å². The van der Waals surface area contributed by atoms with E-state index in [2.05, 4.69) is 4.74 Å². The molecule has 0 spiro atoms. The highest BCUT2D eigenvalue weighted by atomic mass is 19.4. The van der Waals surface area contributed by atoms with Gasteiger partial charge in [0.2, 0.25) is 0 Å². The van der Waals surface area contributed by atoms with Crippen LogP contribution in [0.2, 0.25) is 0 Å². The Hall–Kier alpha value is -1.96. The summed E-state index contributed by atoms with van der Waals surface area (Å²) in [6.07, 6.45) is -3.26. The molecule has 1 saturated heterocycles. The van der Waals surface area contributed by atoms with Crippen molar-refractivity contribution in [3.63, 3.8) is 0 Å². The van der Waals surface area contributed by atoms with Crippen LogP contribution in [0, 0.1) is 0 Å². The van der Waals surface area contributed by atoms with Gasteiger partial charge in [-0.05, 0) is 43.7 Å². The SMILES string of the molecule is O=C(O)[C@@H]1CCCN1CCOc1ccc(OC(F)(F)F)cc1. The van der Waals surface area contributed by atoms with Crippen molar-refractivity contribution in [1.29, 1.82) is 0 Å².